The summed E-state index contributed by atoms with van der Waals surface area (Å²) in [6.45, 7) is 3.65. The molecule has 0 radical (unpaired) electrons. The molecule has 0 spiro atoms. The third-order valence-electron chi connectivity index (χ3n) is 4.82. The van der Waals surface area contributed by atoms with E-state index in [1.165, 1.54) is 6.20 Å². The Labute approximate surface area is 184 Å². The minimum absolute atomic E-state index is 0.324. The Morgan fingerprint density at radius 2 is 1.68 bits per heavy atom. The maximum absolute atomic E-state index is 12.8. The maximum atomic E-state index is 12.8. The summed E-state index contributed by atoms with van der Waals surface area (Å²) in [4.78, 5) is 31.6. The van der Waals surface area contributed by atoms with Crippen molar-refractivity contribution in [3.8, 4) is 0 Å². The van der Waals surface area contributed by atoms with E-state index in [-0.39, 0.29) is 5.91 Å². The number of amides is 2. The normalized spacial score (nSPS) is 12.3. The number of aromatic nitrogens is 1. The van der Waals surface area contributed by atoms with Crippen LogP contribution in [0.4, 0.5) is 11.5 Å². The number of nitrogens with zero attached hydrogens (tertiary/aromatic N) is 2. The van der Waals surface area contributed by atoms with Crippen LogP contribution in [0.5, 0.6) is 0 Å². The van der Waals surface area contributed by atoms with E-state index >= 15 is 0 Å². The molecule has 1 fully saturated rings. The second-order valence-corrected chi connectivity index (χ2v) is 7.67. The minimum atomic E-state index is -0.392. The molecule has 4 rings (SSSR count). The van der Waals surface area contributed by atoms with Gasteiger partial charge in [-0.3, -0.25) is 15.0 Å². The standard InChI is InChI=1S/C23H20ClN5O2/c1-14-2-8-19(18(12-14)23(31)28-20-9-7-17(24)13-26-20)27-22(30)16-5-3-15(4-6-16)21(25)29-10-11-29/h2-9,12-13,25H,10-11H2,1H3,(H,27,30)(H,26,28,31). The third kappa shape index (κ3) is 4.90. The van der Waals surface area contributed by atoms with Gasteiger partial charge < -0.3 is 15.5 Å². The number of carbonyl (C=O) groups excluding carboxylic acids is 2. The first-order valence-corrected chi connectivity index (χ1v) is 10.1. The van der Waals surface area contributed by atoms with Crippen LogP contribution in [0.3, 0.4) is 0 Å². The van der Waals surface area contributed by atoms with Crippen LogP contribution < -0.4 is 10.6 Å². The Hall–Kier alpha value is -3.71. The highest BCUT2D eigenvalue weighted by molar-refractivity contribution is 6.30. The number of nitrogens with one attached hydrogen (secondary N) is 3. The molecule has 2 heterocycles. The molecule has 7 nitrogen and oxygen atoms in total. The monoisotopic (exact) mass is 433 g/mol. The Morgan fingerprint density at radius 1 is 0.968 bits per heavy atom. The molecule has 1 saturated heterocycles. The molecule has 3 aromatic rings. The van der Waals surface area contributed by atoms with Crippen molar-refractivity contribution in [2.45, 2.75) is 6.92 Å². The summed E-state index contributed by atoms with van der Waals surface area (Å²) in [6, 6.07) is 15.3. The first-order valence-electron chi connectivity index (χ1n) is 9.69. The molecule has 0 saturated carbocycles. The van der Waals surface area contributed by atoms with E-state index in [4.69, 9.17) is 17.0 Å². The number of benzene rings is 2. The fraction of sp³-hybridized carbons (Fsp3) is 0.130. The average molecular weight is 434 g/mol. The van der Waals surface area contributed by atoms with Gasteiger partial charge in [0.1, 0.15) is 11.7 Å². The molecule has 31 heavy (non-hydrogen) atoms. The summed E-state index contributed by atoms with van der Waals surface area (Å²) >= 11 is 5.84. The lowest BCUT2D eigenvalue weighted by molar-refractivity contribution is 0.102. The number of aryl methyl sites for hydroxylation is 1. The van der Waals surface area contributed by atoms with E-state index in [0.717, 1.165) is 24.2 Å². The molecule has 2 amide bonds. The Morgan fingerprint density at radius 3 is 2.32 bits per heavy atom. The van der Waals surface area contributed by atoms with E-state index in [2.05, 4.69) is 15.6 Å². The summed E-state index contributed by atoms with van der Waals surface area (Å²) < 4.78 is 0. The smallest absolute Gasteiger partial charge is 0.258 e. The molecule has 0 bridgehead atoms. The van der Waals surface area contributed by atoms with Crippen molar-refractivity contribution in [1.82, 2.24) is 9.88 Å². The molecule has 1 aliphatic heterocycles. The maximum Gasteiger partial charge on any atom is 0.258 e. The largest absolute Gasteiger partial charge is 0.353 e. The van der Waals surface area contributed by atoms with Crippen LogP contribution in [0.15, 0.2) is 60.8 Å². The van der Waals surface area contributed by atoms with E-state index in [9.17, 15) is 9.59 Å². The summed E-state index contributed by atoms with van der Waals surface area (Å²) in [5.74, 6) is 0.0845. The molecule has 0 unspecified atom stereocenters. The summed E-state index contributed by atoms with van der Waals surface area (Å²) in [7, 11) is 0. The fourth-order valence-electron chi connectivity index (χ4n) is 3.02. The summed E-state index contributed by atoms with van der Waals surface area (Å²) in [5, 5.41) is 14.1. The number of hydrogen-bond donors (Lipinski definition) is 3. The summed E-state index contributed by atoms with van der Waals surface area (Å²) in [5.41, 5.74) is 2.80. The zero-order chi connectivity index (χ0) is 22.0. The van der Waals surface area contributed by atoms with Gasteiger partial charge in [-0.25, -0.2) is 4.98 Å². The predicted octanol–water partition coefficient (Wildman–Crippen LogP) is 4.19. The molecule has 0 aliphatic carbocycles. The van der Waals surface area contributed by atoms with Crippen molar-refractivity contribution in [1.29, 1.82) is 5.41 Å². The number of halogens is 1. The molecular weight excluding hydrogens is 414 g/mol. The van der Waals surface area contributed by atoms with Crippen LogP contribution in [0, 0.1) is 12.3 Å². The van der Waals surface area contributed by atoms with Crippen molar-refractivity contribution >= 4 is 40.8 Å². The van der Waals surface area contributed by atoms with E-state index in [1.807, 2.05) is 17.9 Å². The zero-order valence-corrected chi connectivity index (χ0v) is 17.5. The molecule has 8 heteroatoms. The summed E-state index contributed by atoms with van der Waals surface area (Å²) in [6.07, 6.45) is 1.44. The van der Waals surface area contributed by atoms with Crippen molar-refractivity contribution < 1.29 is 9.59 Å². The van der Waals surface area contributed by atoms with Crippen LogP contribution in [0.1, 0.15) is 31.8 Å². The molecule has 1 aromatic heterocycles. The lowest BCUT2D eigenvalue weighted by Crippen LogP contribution is -2.19. The van der Waals surface area contributed by atoms with Gasteiger partial charge in [-0.15, -0.1) is 0 Å². The number of amidine groups is 1. The second-order valence-electron chi connectivity index (χ2n) is 7.23. The topological polar surface area (TPSA) is 98.0 Å². The van der Waals surface area contributed by atoms with E-state index < -0.39 is 5.91 Å². The van der Waals surface area contributed by atoms with Gasteiger partial charge in [0.25, 0.3) is 11.8 Å². The van der Waals surface area contributed by atoms with Crippen LogP contribution in [-0.4, -0.2) is 40.6 Å². The number of carbonyl (C=O) groups is 2. The van der Waals surface area contributed by atoms with Crippen molar-refractivity contribution in [2.24, 2.45) is 0 Å². The molecule has 2 aromatic carbocycles. The van der Waals surface area contributed by atoms with Crippen LogP contribution in [0.25, 0.3) is 0 Å². The first kappa shape index (κ1) is 20.6. The highest BCUT2D eigenvalue weighted by Crippen LogP contribution is 2.21. The Kier molecular flexibility index (Phi) is 5.68. The number of hydrogen-bond acceptors (Lipinski definition) is 4. The lowest BCUT2D eigenvalue weighted by Gasteiger charge is -2.13. The fourth-order valence-corrected chi connectivity index (χ4v) is 3.13. The van der Waals surface area contributed by atoms with Crippen LogP contribution in [0.2, 0.25) is 5.02 Å². The Balaban J connectivity index is 1.51. The van der Waals surface area contributed by atoms with Gasteiger partial charge in [-0.2, -0.15) is 0 Å². The van der Waals surface area contributed by atoms with Gasteiger partial charge in [-0.05, 0) is 43.3 Å². The molecule has 3 N–H and O–H groups in total. The Bertz CT molecular complexity index is 1160. The van der Waals surface area contributed by atoms with Gasteiger partial charge in [0.15, 0.2) is 0 Å². The van der Waals surface area contributed by atoms with Crippen LogP contribution in [-0.2, 0) is 0 Å². The van der Waals surface area contributed by atoms with Gasteiger partial charge in [-0.1, -0.05) is 35.4 Å². The molecule has 1 aliphatic rings. The van der Waals surface area contributed by atoms with Gasteiger partial charge >= 0.3 is 0 Å². The number of pyridine rings is 1. The first-order chi connectivity index (χ1) is 14.9. The average Bonchev–Trinajstić information content (AvgIpc) is 3.61. The molecule has 0 atom stereocenters. The quantitative estimate of drug-likeness (QED) is 0.319. The van der Waals surface area contributed by atoms with Crippen molar-refractivity contribution in [2.75, 3.05) is 23.7 Å². The van der Waals surface area contributed by atoms with Crippen molar-refractivity contribution in [3.63, 3.8) is 0 Å². The predicted molar refractivity (Wildman–Crippen MR) is 121 cm³/mol. The molecular formula is C23H20ClN5O2. The highest BCUT2D eigenvalue weighted by atomic mass is 35.5. The third-order valence-corrected chi connectivity index (χ3v) is 5.04. The minimum Gasteiger partial charge on any atom is -0.353 e. The molecule has 156 valence electrons. The zero-order valence-electron chi connectivity index (χ0n) is 16.8. The lowest BCUT2D eigenvalue weighted by atomic mass is 10.1. The van der Waals surface area contributed by atoms with Crippen LogP contribution >= 0.6 is 11.6 Å². The number of rotatable bonds is 5. The highest BCUT2D eigenvalue weighted by Gasteiger charge is 2.22. The second kappa shape index (κ2) is 8.57. The van der Waals surface area contributed by atoms with Gasteiger partial charge in [0, 0.05) is 30.4 Å². The van der Waals surface area contributed by atoms with E-state index in [0.29, 0.717) is 33.5 Å². The van der Waals surface area contributed by atoms with E-state index in [1.54, 1.807) is 48.5 Å². The number of anilines is 2. The van der Waals surface area contributed by atoms with Gasteiger partial charge in [0.2, 0.25) is 0 Å². The van der Waals surface area contributed by atoms with Crippen molar-refractivity contribution in [3.05, 3.63) is 88.1 Å². The van der Waals surface area contributed by atoms with Gasteiger partial charge in [0.05, 0.1) is 16.3 Å². The SMILES string of the molecule is Cc1ccc(NC(=O)c2ccc(C(=N)N3CC3)cc2)c(C(=O)Nc2ccc(Cl)cn2)c1.